The summed E-state index contributed by atoms with van der Waals surface area (Å²) >= 11 is 0. The van der Waals surface area contributed by atoms with Crippen molar-refractivity contribution in [2.75, 3.05) is 39.9 Å². The Morgan fingerprint density at radius 1 is 1.38 bits per heavy atom. The Morgan fingerprint density at radius 2 is 2.19 bits per heavy atom. The summed E-state index contributed by atoms with van der Waals surface area (Å²) in [6.45, 7) is 10.3. The zero-order chi connectivity index (χ0) is 14.9. The molecule has 4 nitrogen and oxygen atoms in total. The second kappa shape index (κ2) is 6.11. The van der Waals surface area contributed by atoms with Gasteiger partial charge in [-0.1, -0.05) is 0 Å². The van der Waals surface area contributed by atoms with E-state index in [0.717, 1.165) is 50.3 Å². The summed E-state index contributed by atoms with van der Waals surface area (Å²) < 4.78 is 11.3. The van der Waals surface area contributed by atoms with Gasteiger partial charge in [0.05, 0.1) is 6.54 Å². The maximum atomic E-state index is 5.69. The summed E-state index contributed by atoms with van der Waals surface area (Å²) in [4.78, 5) is 5.07. The van der Waals surface area contributed by atoms with Gasteiger partial charge < -0.3 is 9.15 Å². The van der Waals surface area contributed by atoms with E-state index >= 15 is 0 Å². The van der Waals surface area contributed by atoms with Crippen LogP contribution in [0.1, 0.15) is 31.3 Å². The second-order valence-corrected chi connectivity index (χ2v) is 6.82. The van der Waals surface area contributed by atoms with Crippen molar-refractivity contribution in [1.82, 2.24) is 9.80 Å². The number of likely N-dealkylation sites (N-methyl/N-ethyl adjacent to an activating group) is 1. The Bertz CT molecular complexity index is 463. The average Bonchev–Trinajstić information content (AvgIpc) is 2.83. The number of hydrogen-bond acceptors (Lipinski definition) is 4. The van der Waals surface area contributed by atoms with Crippen molar-refractivity contribution >= 4 is 0 Å². The van der Waals surface area contributed by atoms with Gasteiger partial charge in [-0.3, -0.25) is 9.80 Å². The summed E-state index contributed by atoms with van der Waals surface area (Å²) in [6, 6.07) is 4.15. The predicted octanol–water partition coefficient (Wildman–Crippen LogP) is 2.52. The maximum Gasteiger partial charge on any atom is 0.118 e. The molecule has 1 spiro atoms. The van der Waals surface area contributed by atoms with E-state index in [1.165, 1.54) is 19.4 Å². The van der Waals surface area contributed by atoms with Gasteiger partial charge in [0.1, 0.15) is 11.5 Å². The molecule has 0 saturated carbocycles. The molecule has 2 fully saturated rings. The van der Waals surface area contributed by atoms with Crippen LogP contribution in [0.5, 0.6) is 0 Å². The lowest BCUT2D eigenvalue weighted by molar-refractivity contribution is -0.0939. The molecule has 0 bridgehead atoms. The molecule has 1 unspecified atom stereocenters. The quantitative estimate of drug-likeness (QED) is 0.834. The molecule has 0 amide bonds. The fourth-order valence-corrected chi connectivity index (χ4v) is 3.89. The monoisotopic (exact) mass is 292 g/mol. The molecule has 2 aliphatic rings. The van der Waals surface area contributed by atoms with Gasteiger partial charge in [-0.25, -0.2) is 0 Å². The molecule has 2 saturated heterocycles. The minimum atomic E-state index is 0.377. The Labute approximate surface area is 128 Å². The first-order valence-corrected chi connectivity index (χ1v) is 8.18. The molecule has 21 heavy (non-hydrogen) atoms. The third-order valence-corrected chi connectivity index (χ3v) is 5.12. The molecule has 2 aliphatic heterocycles. The van der Waals surface area contributed by atoms with Gasteiger partial charge >= 0.3 is 0 Å². The summed E-state index contributed by atoms with van der Waals surface area (Å²) in [7, 11) is 2.28. The molecular weight excluding hydrogens is 264 g/mol. The third-order valence-electron chi connectivity index (χ3n) is 5.12. The smallest absolute Gasteiger partial charge is 0.118 e. The Hall–Kier alpha value is -0.840. The number of hydrogen-bond donors (Lipinski definition) is 0. The normalized spacial score (nSPS) is 26.1. The lowest BCUT2D eigenvalue weighted by Crippen LogP contribution is -2.71. The van der Waals surface area contributed by atoms with Crippen LogP contribution in [0.15, 0.2) is 16.5 Å². The summed E-state index contributed by atoms with van der Waals surface area (Å²) in [5.41, 5.74) is 0.377. The molecule has 1 aromatic rings. The topological polar surface area (TPSA) is 28.9 Å². The first kappa shape index (κ1) is 15.1. The molecular formula is C17H28N2O2. The van der Waals surface area contributed by atoms with Crippen molar-refractivity contribution in [1.29, 1.82) is 0 Å². The van der Waals surface area contributed by atoms with Crippen LogP contribution in [0.2, 0.25) is 0 Å². The molecule has 4 heteroatoms. The minimum Gasteiger partial charge on any atom is -0.465 e. The SMILES string of the molecule is CCOCC1CCN(C)C2(C1)CN(Cc1ccc(C)o1)C2. The lowest BCUT2D eigenvalue weighted by atomic mass is 9.75. The van der Waals surface area contributed by atoms with Gasteiger partial charge in [-0.2, -0.15) is 0 Å². The van der Waals surface area contributed by atoms with Crippen LogP contribution in [0, 0.1) is 12.8 Å². The van der Waals surface area contributed by atoms with Gasteiger partial charge in [0.15, 0.2) is 0 Å². The molecule has 3 rings (SSSR count). The highest BCUT2D eigenvalue weighted by Gasteiger charge is 2.49. The van der Waals surface area contributed by atoms with E-state index in [9.17, 15) is 0 Å². The average molecular weight is 292 g/mol. The molecule has 1 atom stereocenters. The standard InChI is InChI=1S/C17H28N2O2/c1-4-20-11-15-7-8-18(3)17(9-15)12-19(13-17)10-16-6-5-14(2)21-16/h5-6,15H,4,7-13H2,1-3H3. The van der Waals surface area contributed by atoms with E-state index in [4.69, 9.17) is 9.15 Å². The lowest BCUT2D eigenvalue weighted by Gasteiger charge is -2.58. The first-order chi connectivity index (χ1) is 10.1. The van der Waals surface area contributed by atoms with Gasteiger partial charge in [-0.05, 0) is 58.3 Å². The van der Waals surface area contributed by atoms with E-state index in [1.807, 2.05) is 6.92 Å². The number of rotatable bonds is 5. The highest BCUT2D eigenvalue weighted by molar-refractivity contribution is 5.10. The summed E-state index contributed by atoms with van der Waals surface area (Å²) in [6.07, 6.45) is 2.55. The van der Waals surface area contributed by atoms with Gasteiger partial charge in [0.2, 0.25) is 0 Å². The Kier molecular flexibility index (Phi) is 4.38. The summed E-state index contributed by atoms with van der Waals surface area (Å²) in [5.74, 6) is 2.83. The van der Waals surface area contributed by atoms with Crippen molar-refractivity contribution in [2.24, 2.45) is 5.92 Å². The number of furan rings is 1. The molecule has 0 N–H and O–H groups in total. The fraction of sp³-hybridized carbons (Fsp3) is 0.765. The Balaban J connectivity index is 1.53. The number of nitrogens with zero attached hydrogens (tertiary/aromatic N) is 2. The second-order valence-electron chi connectivity index (χ2n) is 6.82. The zero-order valence-electron chi connectivity index (χ0n) is 13.6. The van der Waals surface area contributed by atoms with Crippen molar-refractivity contribution < 1.29 is 9.15 Å². The number of aryl methyl sites for hydroxylation is 1. The Morgan fingerprint density at radius 3 is 2.86 bits per heavy atom. The molecule has 118 valence electrons. The molecule has 3 heterocycles. The van der Waals surface area contributed by atoms with E-state index in [-0.39, 0.29) is 0 Å². The number of likely N-dealkylation sites (tertiary alicyclic amines) is 2. The van der Waals surface area contributed by atoms with Gasteiger partial charge in [0.25, 0.3) is 0 Å². The first-order valence-electron chi connectivity index (χ1n) is 8.18. The number of ether oxygens (including phenoxy) is 1. The maximum absolute atomic E-state index is 5.69. The molecule has 0 aliphatic carbocycles. The minimum absolute atomic E-state index is 0.377. The van der Waals surface area contributed by atoms with Gasteiger partial charge in [0, 0.05) is 31.8 Å². The summed E-state index contributed by atoms with van der Waals surface area (Å²) in [5, 5.41) is 0. The van der Waals surface area contributed by atoms with Crippen LogP contribution < -0.4 is 0 Å². The highest BCUT2D eigenvalue weighted by Crippen LogP contribution is 2.38. The molecule has 0 aromatic carbocycles. The van der Waals surface area contributed by atoms with E-state index in [0.29, 0.717) is 5.54 Å². The van der Waals surface area contributed by atoms with Crippen LogP contribution in [-0.2, 0) is 11.3 Å². The van der Waals surface area contributed by atoms with Crippen molar-refractivity contribution in [3.63, 3.8) is 0 Å². The van der Waals surface area contributed by atoms with Crippen LogP contribution in [0.3, 0.4) is 0 Å². The van der Waals surface area contributed by atoms with Crippen molar-refractivity contribution in [3.05, 3.63) is 23.7 Å². The van der Waals surface area contributed by atoms with Crippen molar-refractivity contribution in [3.8, 4) is 0 Å². The predicted molar refractivity (Wildman–Crippen MR) is 83.3 cm³/mol. The van der Waals surface area contributed by atoms with Crippen LogP contribution in [0.4, 0.5) is 0 Å². The van der Waals surface area contributed by atoms with Gasteiger partial charge in [-0.15, -0.1) is 0 Å². The van der Waals surface area contributed by atoms with Crippen LogP contribution in [0.25, 0.3) is 0 Å². The van der Waals surface area contributed by atoms with E-state index < -0.39 is 0 Å². The van der Waals surface area contributed by atoms with E-state index in [2.05, 4.69) is 35.9 Å². The van der Waals surface area contributed by atoms with E-state index in [1.54, 1.807) is 0 Å². The molecule has 0 radical (unpaired) electrons. The highest BCUT2D eigenvalue weighted by atomic mass is 16.5. The molecule has 1 aromatic heterocycles. The third kappa shape index (κ3) is 3.17. The fourth-order valence-electron chi connectivity index (χ4n) is 3.89. The van der Waals surface area contributed by atoms with Crippen molar-refractivity contribution in [2.45, 2.75) is 38.8 Å². The van der Waals surface area contributed by atoms with Crippen LogP contribution >= 0.6 is 0 Å². The van der Waals surface area contributed by atoms with Crippen LogP contribution in [-0.4, -0.2) is 55.2 Å². The largest absolute Gasteiger partial charge is 0.465 e. The number of piperidine rings is 1. The zero-order valence-corrected chi connectivity index (χ0v) is 13.6.